The van der Waals surface area contributed by atoms with Crippen LogP contribution in [0.25, 0.3) is 0 Å². The van der Waals surface area contributed by atoms with Gasteiger partial charge in [0.25, 0.3) is 0 Å². The van der Waals surface area contributed by atoms with Gasteiger partial charge >= 0.3 is 0 Å². The molecule has 0 bridgehead atoms. The van der Waals surface area contributed by atoms with Crippen molar-refractivity contribution < 1.29 is 0 Å². The van der Waals surface area contributed by atoms with E-state index in [2.05, 4.69) is 45.5 Å². The Bertz CT molecular complexity index is 292. The molecule has 0 radical (unpaired) electrons. The summed E-state index contributed by atoms with van der Waals surface area (Å²) < 4.78 is 1.22. The van der Waals surface area contributed by atoms with Gasteiger partial charge in [0.2, 0.25) is 0 Å². The molecule has 0 amide bonds. The number of benzene rings is 1. The minimum atomic E-state index is 0.278. The van der Waals surface area contributed by atoms with Crippen molar-refractivity contribution in [2.75, 3.05) is 7.05 Å². The second-order valence-electron chi connectivity index (χ2n) is 3.31. The van der Waals surface area contributed by atoms with Gasteiger partial charge in [0.05, 0.1) is 0 Å². The van der Waals surface area contributed by atoms with Gasteiger partial charge < -0.3 is 5.32 Å². The Balaban J connectivity index is 2.40. The number of halogens is 1. The van der Waals surface area contributed by atoms with Crippen molar-refractivity contribution in [1.82, 2.24) is 5.32 Å². The Morgan fingerprint density at radius 2 is 2.00 bits per heavy atom. The van der Waals surface area contributed by atoms with Gasteiger partial charge in [-0.15, -0.1) is 0 Å². The van der Waals surface area contributed by atoms with Gasteiger partial charge in [-0.3, -0.25) is 0 Å². The smallest absolute Gasteiger partial charge is 0.0445 e. The van der Waals surface area contributed by atoms with Crippen LogP contribution in [0.3, 0.4) is 0 Å². The fraction of sp³-hybridized carbons (Fsp3) is 0.400. The molecule has 2 heteroatoms. The van der Waals surface area contributed by atoms with Gasteiger partial charge in [-0.05, 0) is 31.5 Å². The molecule has 1 aromatic carbocycles. The Labute approximate surface area is 81.3 Å². The first-order valence-electron chi connectivity index (χ1n) is 4.22. The Kier molecular flexibility index (Phi) is 1.97. The average molecular weight is 226 g/mol. The third-order valence-corrected chi connectivity index (χ3v) is 3.31. The van der Waals surface area contributed by atoms with Gasteiger partial charge in [0, 0.05) is 10.0 Å². The first-order valence-corrected chi connectivity index (χ1v) is 5.02. The van der Waals surface area contributed by atoms with Gasteiger partial charge in [-0.2, -0.15) is 0 Å². The van der Waals surface area contributed by atoms with E-state index in [0.29, 0.717) is 0 Å². The zero-order valence-electron chi connectivity index (χ0n) is 7.10. The van der Waals surface area contributed by atoms with E-state index >= 15 is 0 Å². The van der Waals surface area contributed by atoms with Crippen molar-refractivity contribution >= 4 is 15.9 Å². The highest BCUT2D eigenvalue weighted by molar-refractivity contribution is 9.10. The van der Waals surface area contributed by atoms with Crippen LogP contribution in [0.5, 0.6) is 0 Å². The van der Waals surface area contributed by atoms with Gasteiger partial charge in [-0.25, -0.2) is 0 Å². The van der Waals surface area contributed by atoms with Crippen molar-refractivity contribution in [2.45, 2.75) is 18.4 Å². The zero-order chi connectivity index (χ0) is 8.60. The molecule has 0 unspecified atom stereocenters. The second kappa shape index (κ2) is 2.86. The quantitative estimate of drug-likeness (QED) is 0.817. The lowest BCUT2D eigenvalue weighted by Crippen LogP contribution is -2.24. The predicted molar refractivity (Wildman–Crippen MR) is 54.1 cm³/mol. The first kappa shape index (κ1) is 8.27. The van der Waals surface area contributed by atoms with Crippen LogP contribution in [0.1, 0.15) is 18.4 Å². The number of nitrogens with one attached hydrogen (secondary N) is 1. The molecule has 1 fully saturated rings. The van der Waals surface area contributed by atoms with E-state index in [1.165, 1.54) is 22.9 Å². The van der Waals surface area contributed by atoms with Crippen LogP contribution in [0.4, 0.5) is 0 Å². The molecule has 2 rings (SSSR count). The molecule has 0 saturated heterocycles. The summed E-state index contributed by atoms with van der Waals surface area (Å²) in [5.41, 5.74) is 1.67. The van der Waals surface area contributed by atoms with Crippen LogP contribution in [-0.4, -0.2) is 7.05 Å². The predicted octanol–water partition coefficient (Wildman–Crippen LogP) is 2.66. The molecule has 0 atom stereocenters. The molecule has 0 heterocycles. The van der Waals surface area contributed by atoms with E-state index in [9.17, 15) is 0 Å². The van der Waals surface area contributed by atoms with Crippen molar-refractivity contribution in [3.8, 4) is 0 Å². The van der Waals surface area contributed by atoms with E-state index in [1.807, 2.05) is 7.05 Å². The molecule has 0 spiro atoms. The van der Waals surface area contributed by atoms with E-state index < -0.39 is 0 Å². The fourth-order valence-electron chi connectivity index (χ4n) is 1.63. The van der Waals surface area contributed by atoms with Crippen LogP contribution in [0, 0.1) is 0 Å². The summed E-state index contributed by atoms with van der Waals surface area (Å²) in [6.45, 7) is 0. The zero-order valence-corrected chi connectivity index (χ0v) is 8.69. The van der Waals surface area contributed by atoms with Crippen LogP contribution in [-0.2, 0) is 5.54 Å². The molecule has 1 aliphatic rings. The molecular weight excluding hydrogens is 214 g/mol. The number of hydrogen-bond donors (Lipinski definition) is 1. The van der Waals surface area contributed by atoms with E-state index in [0.717, 1.165) is 0 Å². The highest BCUT2D eigenvalue weighted by Crippen LogP contribution is 2.47. The SMILES string of the molecule is CNC1(c2ccccc2Br)CC1. The minimum absolute atomic E-state index is 0.278. The molecular formula is C10H12BrN. The molecule has 1 aliphatic carbocycles. The molecule has 12 heavy (non-hydrogen) atoms. The molecule has 1 N–H and O–H groups in total. The molecule has 0 aromatic heterocycles. The molecule has 0 aliphatic heterocycles. The van der Waals surface area contributed by atoms with E-state index in [1.54, 1.807) is 0 Å². The van der Waals surface area contributed by atoms with Gasteiger partial charge in [0.1, 0.15) is 0 Å². The molecule has 1 saturated carbocycles. The largest absolute Gasteiger partial charge is 0.310 e. The summed E-state index contributed by atoms with van der Waals surface area (Å²) in [5, 5.41) is 3.38. The standard InChI is InChI=1S/C10H12BrN/c1-12-10(6-7-10)8-4-2-3-5-9(8)11/h2-5,12H,6-7H2,1H3. The third kappa shape index (κ3) is 1.19. The van der Waals surface area contributed by atoms with Crippen LogP contribution in [0.2, 0.25) is 0 Å². The average Bonchev–Trinajstić information content (AvgIpc) is 2.86. The maximum Gasteiger partial charge on any atom is 0.0445 e. The van der Waals surface area contributed by atoms with Crippen molar-refractivity contribution in [1.29, 1.82) is 0 Å². The monoisotopic (exact) mass is 225 g/mol. The highest BCUT2D eigenvalue weighted by Gasteiger charge is 2.43. The lowest BCUT2D eigenvalue weighted by atomic mass is 10.1. The van der Waals surface area contributed by atoms with Crippen LogP contribution >= 0.6 is 15.9 Å². The van der Waals surface area contributed by atoms with Crippen molar-refractivity contribution in [3.05, 3.63) is 34.3 Å². The minimum Gasteiger partial charge on any atom is -0.310 e. The Hall–Kier alpha value is -0.340. The van der Waals surface area contributed by atoms with E-state index in [-0.39, 0.29) is 5.54 Å². The summed E-state index contributed by atoms with van der Waals surface area (Å²) in [4.78, 5) is 0. The Morgan fingerprint density at radius 3 is 2.50 bits per heavy atom. The molecule has 1 aromatic rings. The lowest BCUT2D eigenvalue weighted by Gasteiger charge is -2.15. The van der Waals surface area contributed by atoms with Crippen molar-refractivity contribution in [2.24, 2.45) is 0 Å². The highest BCUT2D eigenvalue weighted by atomic mass is 79.9. The maximum absolute atomic E-state index is 3.57. The summed E-state index contributed by atoms with van der Waals surface area (Å²) in [6, 6.07) is 8.44. The van der Waals surface area contributed by atoms with Crippen molar-refractivity contribution in [3.63, 3.8) is 0 Å². The maximum atomic E-state index is 3.57. The van der Waals surface area contributed by atoms with E-state index in [4.69, 9.17) is 0 Å². The number of hydrogen-bond acceptors (Lipinski definition) is 1. The summed E-state index contributed by atoms with van der Waals surface area (Å²) in [5.74, 6) is 0. The van der Waals surface area contributed by atoms with Gasteiger partial charge in [-0.1, -0.05) is 34.1 Å². The van der Waals surface area contributed by atoms with Crippen LogP contribution in [0.15, 0.2) is 28.7 Å². The Morgan fingerprint density at radius 1 is 1.33 bits per heavy atom. The lowest BCUT2D eigenvalue weighted by molar-refractivity contribution is 0.583. The summed E-state index contributed by atoms with van der Waals surface area (Å²) in [7, 11) is 2.03. The fourth-order valence-corrected chi connectivity index (χ4v) is 2.29. The third-order valence-electron chi connectivity index (χ3n) is 2.62. The normalized spacial score (nSPS) is 19.2. The topological polar surface area (TPSA) is 12.0 Å². The summed E-state index contributed by atoms with van der Waals surface area (Å²) in [6.07, 6.45) is 2.51. The van der Waals surface area contributed by atoms with Gasteiger partial charge in [0.15, 0.2) is 0 Å². The van der Waals surface area contributed by atoms with Crippen LogP contribution < -0.4 is 5.32 Å². The first-order chi connectivity index (χ1) is 5.78. The number of rotatable bonds is 2. The summed E-state index contributed by atoms with van der Waals surface area (Å²) >= 11 is 3.57. The second-order valence-corrected chi connectivity index (χ2v) is 4.17. The molecule has 64 valence electrons. The molecule has 1 nitrogen and oxygen atoms in total.